The molecule has 25 heavy (non-hydrogen) atoms. The Balaban J connectivity index is 1.70. The van der Waals surface area contributed by atoms with Crippen molar-refractivity contribution in [2.24, 2.45) is 5.16 Å². The molecule has 0 saturated carbocycles. The van der Waals surface area contributed by atoms with Crippen LogP contribution in [0.25, 0.3) is 0 Å². The molecule has 0 aromatic heterocycles. The summed E-state index contributed by atoms with van der Waals surface area (Å²) in [5.41, 5.74) is 0.174. The van der Waals surface area contributed by atoms with E-state index in [0.717, 1.165) is 17.0 Å². The van der Waals surface area contributed by atoms with Gasteiger partial charge in [-0.15, -0.1) is 0 Å². The van der Waals surface area contributed by atoms with Crippen molar-refractivity contribution >= 4 is 11.5 Å². The van der Waals surface area contributed by atoms with Gasteiger partial charge < -0.3 is 14.3 Å². The first kappa shape index (κ1) is 15.7. The number of carbonyl (C=O) groups excluding carboxylic acids is 1. The van der Waals surface area contributed by atoms with E-state index in [9.17, 15) is 4.79 Å². The van der Waals surface area contributed by atoms with Gasteiger partial charge in [-0.2, -0.15) is 0 Å². The lowest BCUT2D eigenvalue weighted by molar-refractivity contribution is -0.118. The zero-order chi connectivity index (χ0) is 17.7. The molecule has 0 amide bonds. The summed E-state index contributed by atoms with van der Waals surface area (Å²) in [6.07, 6.45) is 0.361. The average Bonchev–Trinajstić information content (AvgIpc) is 3.07. The highest BCUT2D eigenvalue weighted by Gasteiger charge is 2.62. The molecule has 0 fully saturated rings. The molecule has 0 saturated heterocycles. The smallest absolute Gasteiger partial charge is 0.243 e. The predicted octanol–water partition coefficient (Wildman–Crippen LogP) is 3.61. The summed E-state index contributed by atoms with van der Waals surface area (Å²) in [6.45, 7) is 3.74. The van der Waals surface area contributed by atoms with Gasteiger partial charge in [0.2, 0.25) is 11.4 Å². The van der Waals surface area contributed by atoms with Gasteiger partial charge in [-0.05, 0) is 55.8 Å². The van der Waals surface area contributed by atoms with Gasteiger partial charge in [0, 0.05) is 6.42 Å². The topological polar surface area (TPSA) is 57.1 Å². The van der Waals surface area contributed by atoms with Crippen LogP contribution in [0.15, 0.2) is 53.7 Å². The molecular formula is C20H19NO4. The third-order valence-electron chi connectivity index (χ3n) is 4.99. The van der Waals surface area contributed by atoms with Crippen molar-refractivity contribution in [3.05, 3.63) is 59.7 Å². The maximum atomic E-state index is 13.2. The maximum absolute atomic E-state index is 13.2. The van der Waals surface area contributed by atoms with Crippen LogP contribution in [-0.2, 0) is 4.84 Å². The van der Waals surface area contributed by atoms with Crippen molar-refractivity contribution in [3.63, 3.8) is 0 Å². The molecule has 5 heteroatoms. The number of methoxy groups -OCH3 is 1. The summed E-state index contributed by atoms with van der Waals surface area (Å²) in [5, 5.41) is 4.23. The van der Waals surface area contributed by atoms with Crippen LogP contribution in [0.2, 0.25) is 0 Å². The summed E-state index contributed by atoms with van der Waals surface area (Å²) < 4.78 is 11.3. The number of ether oxygens (including phenoxy) is 2. The zero-order valence-electron chi connectivity index (χ0n) is 14.4. The molecule has 1 spiro atoms. The van der Waals surface area contributed by atoms with Crippen LogP contribution >= 0.6 is 0 Å². The van der Waals surface area contributed by atoms with Crippen molar-refractivity contribution in [1.82, 2.24) is 0 Å². The van der Waals surface area contributed by atoms with Crippen LogP contribution in [0.4, 0.5) is 0 Å². The van der Waals surface area contributed by atoms with Crippen LogP contribution in [0.5, 0.6) is 11.5 Å². The lowest BCUT2D eigenvalue weighted by atomic mass is 9.73. The highest BCUT2D eigenvalue weighted by atomic mass is 16.7. The Morgan fingerprint density at radius 3 is 2.52 bits per heavy atom. The Hall–Kier alpha value is -2.82. The lowest BCUT2D eigenvalue weighted by Crippen LogP contribution is -2.61. The largest absolute Gasteiger partial charge is 0.497 e. The van der Waals surface area contributed by atoms with Crippen LogP contribution in [0.1, 0.15) is 36.2 Å². The van der Waals surface area contributed by atoms with E-state index in [0.29, 0.717) is 17.7 Å². The Labute approximate surface area is 146 Å². The fourth-order valence-electron chi connectivity index (χ4n) is 3.41. The van der Waals surface area contributed by atoms with E-state index < -0.39 is 11.2 Å². The number of nitrogens with zero attached hydrogens (tertiary/aromatic N) is 1. The number of para-hydroxylation sites is 1. The SMILES string of the molecule is COc1ccc(C2=NOC3(C2)C(=O)c2ccccc2OC3(C)C)cc1. The average molecular weight is 337 g/mol. The molecule has 128 valence electrons. The van der Waals surface area contributed by atoms with Crippen molar-refractivity contribution in [3.8, 4) is 11.5 Å². The van der Waals surface area contributed by atoms with E-state index in [1.807, 2.05) is 56.3 Å². The predicted molar refractivity (Wildman–Crippen MR) is 93.4 cm³/mol. The van der Waals surface area contributed by atoms with Crippen LogP contribution < -0.4 is 9.47 Å². The van der Waals surface area contributed by atoms with Gasteiger partial charge in [-0.25, -0.2) is 0 Å². The molecule has 0 N–H and O–H groups in total. The summed E-state index contributed by atoms with van der Waals surface area (Å²) in [6, 6.07) is 14.8. The Morgan fingerprint density at radius 1 is 1.08 bits per heavy atom. The Morgan fingerprint density at radius 2 is 1.80 bits per heavy atom. The fourth-order valence-corrected chi connectivity index (χ4v) is 3.41. The number of carbonyl (C=O) groups is 1. The quantitative estimate of drug-likeness (QED) is 0.840. The minimum Gasteiger partial charge on any atom is -0.497 e. The molecule has 0 aliphatic carbocycles. The first-order valence-corrected chi connectivity index (χ1v) is 8.19. The van der Waals surface area contributed by atoms with Crippen LogP contribution in [0, 0.1) is 0 Å². The first-order valence-electron chi connectivity index (χ1n) is 8.19. The number of hydrogen-bond donors (Lipinski definition) is 0. The van der Waals surface area contributed by atoms with E-state index in [1.54, 1.807) is 13.2 Å². The standard InChI is InChI=1S/C20H19NO4/c1-19(2)20(18(22)15-6-4-5-7-17(15)24-19)12-16(21-25-20)13-8-10-14(23-3)11-9-13/h4-11H,12H2,1-3H3. The van der Waals surface area contributed by atoms with Gasteiger partial charge in [-0.1, -0.05) is 17.3 Å². The molecule has 1 atom stereocenters. The normalized spacial score (nSPS) is 23.5. The van der Waals surface area contributed by atoms with Crippen LogP contribution in [0.3, 0.4) is 0 Å². The monoisotopic (exact) mass is 337 g/mol. The molecule has 1 unspecified atom stereocenters. The second-order valence-corrected chi connectivity index (χ2v) is 6.80. The number of oxime groups is 1. The molecule has 0 radical (unpaired) electrons. The van der Waals surface area contributed by atoms with Crippen molar-refractivity contribution in [2.45, 2.75) is 31.5 Å². The summed E-state index contributed by atoms with van der Waals surface area (Å²) >= 11 is 0. The molecule has 2 aromatic carbocycles. The fraction of sp³-hybridized carbons (Fsp3) is 0.300. The zero-order valence-corrected chi connectivity index (χ0v) is 14.4. The highest BCUT2D eigenvalue weighted by molar-refractivity contribution is 6.12. The molecular weight excluding hydrogens is 318 g/mol. The van der Waals surface area contributed by atoms with E-state index in [4.69, 9.17) is 14.3 Å². The van der Waals surface area contributed by atoms with Gasteiger partial charge in [0.1, 0.15) is 11.5 Å². The molecule has 2 heterocycles. The highest BCUT2D eigenvalue weighted by Crippen LogP contribution is 2.46. The Bertz CT molecular complexity index is 870. The van der Waals surface area contributed by atoms with E-state index in [-0.39, 0.29) is 5.78 Å². The molecule has 2 aliphatic heterocycles. The molecule has 2 aliphatic rings. The van der Waals surface area contributed by atoms with Gasteiger partial charge in [0.25, 0.3) is 0 Å². The second-order valence-electron chi connectivity index (χ2n) is 6.80. The summed E-state index contributed by atoms with van der Waals surface area (Å²) in [7, 11) is 1.62. The van der Waals surface area contributed by atoms with Crippen molar-refractivity contribution < 1.29 is 19.1 Å². The number of rotatable bonds is 2. The Kier molecular flexibility index (Phi) is 3.35. The maximum Gasteiger partial charge on any atom is 0.243 e. The molecule has 2 aromatic rings. The summed E-state index contributed by atoms with van der Waals surface area (Å²) in [4.78, 5) is 19.0. The van der Waals surface area contributed by atoms with E-state index >= 15 is 0 Å². The first-order chi connectivity index (χ1) is 12.0. The van der Waals surface area contributed by atoms with E-state index in [2.05, 4.69) is 5.16 Å². The third-order valence-corrected chi connectivity index (χ3v) is 4.99. The number of hydrogen-bond acceptors (Lipinski definition) is 5. The van der Waals surface area contributed by atoms with Crippen LogP contribution in [-0.4, -0.2) is 29.8 Å². The molecule has 5 nitrogen and oxygen atoms in total. The van der Waals surface area contributed by atoms with Gasteiger partial charge in [0.05, 0.1) is 18.4 Å². The van der Waals surface area contributed by atoms with Crippen molar-refractivity contribution in [1.29, 1.82) is 0 Å². The minimum atomic E-state index is -1.16. The van der Waals surface area contributed by atoms with Crippen molar-refractivity contribution in [2.75, 3.05) is 7.11 Å². The van der Waals surface area contributed by atoms with Gasteiger partial charge in [-0.3, -0.25) is 4.79 Å². The number of Topliss-reactive ketones (excluding diaryl/α,β-unsaturated/α-hetero) is 1. The number of benzene rings is 2. The number of ketones is 1. The van der Waals surface area contributed by atoms with E-state index in [1.165, 1.54) is 0 Å². The molecule has 4 rings (SSSR count). The second kappa shape index (κ2) is 5.34. The number of fused-ring (bicyclic) bond motifs is 1. The molecule has 0 bridgehead atoms. The summed E-state index contributed by atoms with van der Waals surface area (Å²) in [5.74, 6) is 1.26. The van der Waals surface area contributed by atoms with Gasteiger partial charge in [0.15, 0.2) is 5.60 Å². The lowest BCUT2D eigenvalue weighted by Gasteiger charge is -2.44. The third kappa shape index (κ3) is 2.22. The minimum absolute atomic E-state index is 0.0911. The van der Waals surface area contributed by atoms with Gasteiger partial charge >= 0.3 is 0 Å².